The Balaban J connectivity index is 2.06. The van der Waals surface area contributed by atoms with Gasteiger partial charge in [-0.15, -0.1) is 0 Å². The van der Waals surface area contributed by atoms with Gasteiger partial charge < -0.3 is 9.26 Å². The zero-order chi connectivity index (χ0) is 10.3. The van der Waals surface area contributed by atoms with Gasteiger partial charge in [0.1, 0.15) is 5.75 Å². The fourth-order valence-corrected chi connectivity index (χ4v) is 1.74. The monoisotopic (exact) mass is 202 g/mol. The summed E-state index contributed by atoms with van der Waals surface area (Å²) in [5.74, 6) is 2.20. The number of hydrogen-bond acceptors (Lipinski definition) is 4. The van der Waals surface area contributed by atoms with E-state index in [4.69, 9.17) is 9.26 Å². The van der Waals surface area contributed by atoms with E-state index in [1.54, 1.807) is 6.92 Å². The van der Waals surface area contributed by atoms with Crippen molar-refractivity contribution in [1.29, 1.82) is 0 Å². The molecule has 0 fully saturated rings. The summed E-state index contributed by atoms with van der Waals surface area (Å²) in [5, 5.41) is 3.88. The van der Waals surface area contributed by atoms with E-state index in [2.05, 4.69) is 16.2 Å². The van der Waals surface area contributed by atoms with Crippen molar-refractivity contribution >= 4 is 0 Å². The molecule has 0 unspecified atom stereocenters. The molecule has 2 aromatic rings. The normalized spacial score (nSPS) is 13.7. The number of aryl methyl sites for hydroxylation is 1. The molecule has 0 spiro atoms. The zero-order valence-corrected chi connectivity index (χ0v) is 8.36. The maximum Gasteiger partial charge on any atom is 0.223 e. The van der Waals surface area contributed by atoms with Crippen LogP contribution in [0.1, 0.15) is 11.5 Å². The predicted molar refractivity (Wildman–Crippen MR) is 53.7 cm³/mol. The number of hydrogen-bond donors (Lipinski definition) is 0. The van der Waals surface area contributed by atoms with Gasteiger partial charge in [-0.1, -0.05) is 5.16 Å². The molecule has 0 saturated carbocycles. The Kier molecular flexibility index (Phi) is 1.74. The summed E-state index contributed by atoms with van der Waals surface area (Å²) in [7, 11) is 0. The van der Waals surface area contributed by atoms with E-state index < -0.39 is 0 Å². The molecule has 1 aromatic carbocycles. The second-order valence-corrected chi connectivity index (χ2v) is 3.56. The first-order valence-electron chi connectivity index (χ1n) is 4.89. The smallest absolute Gasteiger partial charge is 0.223 e. The largest absolute Gasteiger partial charge is 0.493 e. The van der Waals surface area contributed by atoms with Crippen LogP contribution in [0, 0.1) is 6.92 Å². The van der Waals surface area contributed by atoms with E-state index in [9.17, 15) is 0 Å². The number of benzene rings is 1. The number of fused-ring (bicyclic) bond motifs is 1. The van der Waals surface area contributed by atoms with Crippen LogP contribution < -0.4 is 4.74 Å². The van der Waals surface area contributed by atoms with Crippen LogP contribution in [-0.4, -0.2) is 16.7 Å². The molecule has 1 aromatic heterocycles. The van der Waals surface area contributed by atoms with Crippen LogP contribution in [0.25, 0.3) is 11.4 Å². The van der Waals surface area contributed by atoms with Crippen LogP contribution in [0.5, 0.6) is 5.75 Å². The Labute approximate surface area is 86.9 Å². The fraction of sp³-hybridized carbons (Fsp3) is 0.273. The molecule has 0 amide bonds. The predicted octanol–water partition coefficient (Wildman–Crippen LogP) is 1.98. The van der Waals surface area contributed by atoms with Crippen molar-refractivity contribution in [2.24, 2.45) is 0 Å². The summed E-state index contributed by atoms with van der Waals surface area (Å²) < 4.78 is 10.4. The first-order chi connectivity index (χ1) is 7.33. The molecule has 1 aliphatic rings. The lowest BCUT2D eigenvalue weighted by atomic mass is 10.1. The van der Waals surface area contributed by atoms with Gasteiger partial charge in [-0.05, 0) is 23.8 Å². The number of ether oxygens (including phenoxy) is 1. The molecule has 76 valence electrons. The maximum atomic E-state index is 5.43. The van der Waals surface area contributed by atoms with Crippen LogP contribution in [0.3, 0.4) is 0 Å². The molecule has 1 aliphatic heterocycles. The molecule has 15 heavy (non-hydrogen) atoms. The highest BCUT2D eigenvalue weighted by atomic mass is 16.5. The number of aromatic nitrogens is 2. The van der Waals surface area contributed by atoms with Gasteiger partial charge in [-0.2, -0.15) is 4.98 Å². The molecule has 0 radical (unpaired) electrons. The van der Waals surface area contributed by atoms with Gasteiger partial charge in [-0.25, -0.2) is 0 Å². The Hall–Kier alpha value is -1.84. The average molecular weight is 202 g/mol. The van der Waals surface area contributed by atoms with Crippen LogP contribution in [0.2, 0.25) is 0 Å². The Morgan fingerprint density at radius 2 is 2.27 bits per heavy atom. The third-order valence-electron chi connectivity index (χ3n) is 2.48. The van der Waals surface area contributed by atoms with E-state index in [0.29, 0.717) is 11.7 Å². The van der Waals surface area contributed by atoms with E-state index >= 15 is 0 Å². The average Bonchev–Trinajstić information content (AvgIpc) is 2.84. The summed E-state index contributed by atoms with van der Waals surface area (Å²) in [5.41, 5.74) is 2.20. The van der Waals surface area contributed by atoms with Crippen molar-refractivity contribution in [1.82, 2.24) is 10.1 Å². The van der Waals surface area contributed by atoms with Gasteiger partial charge in [0.25, 0.3) is 0 Å². The molecule has 3 rings (SSSR count). The first kappa shape index (κ1) is 8.47. The van der Waals surface area contributed by atoms with Crippen molar-refractivity contribution in [3.05, 3.63) is 29.7 Å². The van der Waals surface area contributed by atoms with E-state index in [1.807, 2.05) is 12.1 Å². The molecular weight excluding hydrogens is 192 g/mol. The van der Waals surface area contributed by atoms with Crippen LogP contribution in [-0.2, 0) is 6.42 Å². The maximum absolute atomic E-state index is 5.43. The van der Waals surface area contributed by atoms with Gasteiger partial charge in [0.15, 0.2) is 0 Å². The highest BCUT2D eigenvalue weighted by Crippen LogP contribution is 2.29. The van der Waals surface area contributed by atoms with Crippen molar-refractivity contribution < 1.29 is 9.26 Å². The summed E-state index contributed by atoms with van der Waals surface area (Å²) in [6.07, 6.45) is 0.958. The van der Waals surface area contributed by atoms with E-state index in [1.165, 1.54) is 5.56 Å². The van der Waals surface area contributed by atoms with Crippen LogP contribution in [0.4, 0.5) is 0 Å². The minimum atomic E-state index is 0.585. The second kappa shape index (κ2) is 3.08. The zero-order valence-electron chi connectivity index (χ0n) is 8.36. The van der Waals surface area contributed by atoms with Crippen LogP contribution >= 0.6 is 0 Å². The minimum Gasteiger partial charge on any atom is -0.493 e. The Morgan fingerprint density at radius 1 is 1.33 bits per heavy atom. The fourth-order valence-electron chi connectivity index (χ4n) is 1.74. The van der Waals surface area contributed by atoms with Gasteiger partial charge in [0, 0.05) is 18.9 Å². The minimum absolute atomic E-state index is 0.585. The number of rotatable bonds is 1. The first-order valence-corrected chi connectivity index (χ1v) is 4.89. The third kappa shape index (κ3) is 1.38. The van der Waals surface area contributed by atoms with Crippen LogP contribution in [0.15, 0.2) is 22.7 Å². The topological polar surface area (TPSA) is 48.2 Å². The SMILES string of the molecule is Cc1nc(-c2ccc3c(c2)CCO3)no1. The lowest BCUT2D eigenvalue weighted by Gasteiger charge is -1.99. The standard InChI is InChI=1S/C11H10N2O2/c1-7-12-11(13-15-7)9-2-3-10-8(6-9)4-5-14-10/h2-3,6H,4-5H2,1H3. The Bertz CT molecular complexity index is 505. The number of nitrogens with zero attached hydrogens (tertiary/aromatic N) is 2. The molecule has 0 bridgehead atoms. The molecular formula is C11H10N2O2. The second-order valence-electron chi connectivity index (χ2n) is 3.56. The molecule has 0 aliphatic carbocycles. The highest BCUT2D eigenvalue weighted by molar-refractivity contribution is 5.58. The summed E-state index contributed by atoms with van der Waals surface area (Å²) in [6.45, 7) is 2.55. The summed E-state index contributed by atoms with van der Waals surface area (Å²) in [6, 6.07) is 5.98. The molecule has 0 N–H and O–H groups in total. The molecule has 4 heteroatoms. The quantitative estimate of drug-likeness (QED) is 0.709. The van der Waals surface area contributed by atoms with E-state index in [0.717, 1.165) is 24.3 Å². The molecule has 0 atom stereocenters. The molecule has 2 heterocycles. The van der Waals surface area contributed by atoms with Gasteiger partial charge in [-0.3, -0.25) is 0 Å². The Morgan fingerprint density at radius 3 is 3.07 bits per heavy atom. The lowest BCUT2D eigenvalue weighted by molar-refractivity contribution is 0.357. The van der Waals surface area contributed by atoms with E-state index in [-0.39, 0.29) is 0 Å². The lowest BCUT2D eigenvalue weighted by Crippen LogP contribution is -1.85. The molecule has 4 nitrogen and oxygen atoms in total. The van der Waals surface area contributed by atoms with Gasteiger partial charge in [0.05, 0.1) is 6.61 Å². The van der Waals surface area contributed by atoms with Crippen molar-refractivity contribution in [2.45, 2.75) is 13.3 Å². The molecule has 0 saturated heterocycles. The van der Waals surface area contributed by atoms with Crippen molar-refractivity contribution in [3.63, 3.8) is 0 Å². The van der Waals surface area contributed by atoms with Gasteiger partial charge in [0.2, 0.25) is 11.7 Å². The third-order valence-corrected chi connectivity index (χ3v) is 2.48. The summed E-state index contributed by atoms with van der Waals surface area (Å²) >= 11 is 0. The highest BCUT2D eigenvalue weighted by Gasteiger charge is 2.14. The van der Waals surface area contributed by atoms with Crippen molar-refractivity contribution in [2.75, 3.05) is 6.61 Å². The van der Waals surface area contributed by atoms with Gasteiger partial charge >= 0.3 is 0 Å². The van der Waals surface area contributed by atoms with Crippen molar-refractivity contribution in [3.8, 4) is 17.1 Å². The summed E-state index contributed by atoms with van der Waals surface area (Å²) in [4.78, 5) is 4.19.